The fourth-order valence-corrected chi connectivity index (χ4v) is 1.07. The van der Waals surface area contributed by atoms with Gasteiger partial charge < -0.3 is 27.2 Å². The Labute approximate surface area is 99.2 Å². The molecule has 17 heavy (non-hydrogen) atoms. The summed E-state index contributed by atoms with van der Waals surface area (Å²) >= 11 is 0. The zero-order chi connectivity index (χ0) is 13.3. The summed E-state index contributed by atoms with van der Waals surface area (Å²) in [5, 5.41) is 20.4. The fourth-order valence-electron chi connectivity index (χ4n) is 1.07. The van der Waals surface area contributed by atoms with Crippen LogP contribution in [0.1, 0.15) is 12.8 Å². The van der Waals surface area contributed by atoms with Gasteiger partial charge in [0.05, 0.1) is 12.6 Å². The van der Waals surface area contributed by atoms with E-state index < -0.39 is 24.6 Å². The number of aliphatic hydroxyl groups is 1. The molecule has 2 atom stereocenters. The van der Waals surface area contributed by atoms with E-state index in [-0.39, 0.29) is 5.96 Å². The lowest BCUT2D eigenvalue weighted by atomic mass is 10.1. The number of guanidine groups is 1. The minimum Gasteiger partial charge on any atom is -0.394 e. The van der Waals surface area contributed by atoms with Gasteiger partial charge in [-0.1, -0.05) is 0 Å². The normalized spacial score (nSPS) is 13.5. The lowest BCUT2D eigenvalue weighted by molar-refractivity contribution is -0.123. The molecule has 0 aromatic heterocycles. The third-order valence-corrected chi connectivity index (χ3v) is 1.99. The molecule has 0 rings (SSSR count). The van der Waals surface area contributed by atoms with Crippen LogP contribution >= 0.6 is 0 Å². The Morgan fingerprint density at radius 3 is 2.65 bits per heavy atom. The number of carbonyl (C=O) groups is 1. The summed E-state index contributed by atoms with van der Waals surface area (Å²) in [5.41, 5.74) is 10.6. The Morgan fingerprint density at radius 2 is 2.18 bits per heavy atom. The molecule has 0 saturated heterocycles. The summed E-state index contributed by atoms with van der Waals surface area (Å²) in [6.45, 7) is -0.0621. The van der Waals surface area contributed by atoms with Crippen LogP contribution in [0.3, 0.4) is 0 Å². The van der Waals surface area contributed by atoms with E-state index in [1.54, 1.807) is 0 Å². The Morgan fingerprint density at radius 1 is 1.53 bits per heavy atom. The van der Waals surface area contributed by atoms with Gasteiger partial charge in [0, 0.05) is 6.54 Å². The number of aliphatic hydroxyl groups excluding tert-OH is 1. The number of hydrogen-bond acceptors (Lipinski definition) is 5. The molecule has 0 aromatic rings. The van der Waals surface area contributed by atoms with Crippen molar-refractivity contribution in [2.75, 3.05) is 13.2 Å². The second kappa shape index (κ2) is 8.48. The van der Waals surface area contributed by atoms with Gasteiger partial charge >= 0.3 is 0 Å². The highest BCUT2D eigenvalue weighted by atomic mass is 16.3. The van der Waals surface area contributed by atoms with E-state index in [1.165, 1.54) is 6.29 Å². The zero-order valence-electron chi connectivity index (χ0n) is 9.40. The third kappa shape index (κ3) is 7.25. The quantitative estimate of drug-likeness (QED) is 0.153. The van der Waals surface area contributed by atoms with Gasteiger partial charge in [0.25, 0.3) is 0 Å². The topological polar surface area (TPSA) is 154 Å². The molecule has 1 amide bonds. The van der Waals surface area contributed by atoms with Crippen LogP contribution in [0.5, 0.6) is 0 Å². The number of nitrogens with two attached hydrogens (primary N) is 2. The number of rotatable bonds is 8. The highest BCUT2D eigenvalue weighted by Crippen LogP contribution is 1.94. The van der Waals surface area contributed by atoms with Gasteiger partial charge in [-0.25, -0.2) is 0 Å². The van der Waals surface area contributed by atoms with Crippen molar-refractivity contribution in [1.29, 1.82) is 5.41 Å². The molecule has 1 radical (unpaired) electrons. The SMILES string of the molecule is N=C(N)NCCC[C@H](N)C(=O)N[C@H]([C]=O)CO. The molecule has 8 N–H and O–H groups in total. The van der Waals surface area contributed by atoms with Crippen molar-refractivity contribution < 1.29 is 14.7 Å². The first-order valence-electron chi connectivity index (χ1n) is 5.13. The Bertz CT molecular complexity index is 271. The number of nitrogens with one attached hydrogen (secondary N) is 3. The third-order valence-electron chi connectivity index (χ3n) is 1.99. The first-order valence-corrected chi connectivity index (χ1v) is 5.13. The largest absolute Gasteiger partial charge is 0.394 e. The van der Waals surface area contributed by atoms with E-state index >= 15 is 0 Å². The van der Waals surface area contributed by atoms with E-state index in [0.717, 1.165) is 0 Å². The first-order chi connectivity index (χ1) is 8.01. The molecule has 0 fully saturated rings. The van der Waals surface area contributed by atoms with E-state index in [4.69, 9.17) is 22.0 Å². The Kier molecular flexibility index (Phi) is 7.65. The van der Waals surface area contributed by atoms with Crippen LogP contribution in [0.4, 0.5) is 0 Å². The summed E-state index contributed by atoms with van der Waals surface area (Å²) in [6.07, 6.45) is 2.41. The summed E-state index contributed by atoms with van der Waals surface area (Å²) < 4.78 is 0. The molecule has 0 aliphatic heterocycles. The van der Waals surface area contributed by atoms with Crippen LogP contribution in [0, 0.1) is 5.41 Å². The molecular weight excluding hydrogens is 226 g/mol. The van der Waals surface area contributed by atoms with E-state index in [9.17, 15) is 9.59 Å². The predicted molar refractivity (Wildman–Crippen MR) is 61.8 cm³/mol. The maximum atomic E-state index is 11.4. The van der Waals surface area contributed by atoms with Crippen LogP contribution in [-0.2, 0) is 9.59 Å². The van der Waals surface area contributed by atoms with Crippen molar-refractivity contribution in [3.05, 3.63) is 0 Å². The monoisotopic (exact) mass is 244 g/mol. The summed E-state index contributed by atoms with van der Waals surface area (Å²) in [5.74, 6) is -0.658. The van der Waals surface area contributed by atoms with Crippen LogP contribution in [-0.4, -0.2) is 48.5 Å². The minimum atomic E-state index is -1.04. The van der Waals surface area contributed by atoms with E-state index in [1.807, 2.05) is 0 Å². The molecule has 0 spiro atoms. The average molecular weight is 244 g/mol. The molecular formula is C9H18N5O3. The van der Waals surface area contributed by atoms with Gasteiger partial charge in [-0.05, 0) is 12.8 Å². The van der Waals surface area contributed by atoms with Crippen molar-refractivity contribution in [3.8, 4) is 0 Å². The molecule has 0 bridgehead atoms. The highest BCUT2D eigenvalue weighted by Gasteiger charge is 2.17. The molecule has 0 aliphatic rings. The van der Waals surface area contributed by atoms with Crippen LogP contribution in [0.15, 0.2) is 0 Å². The predicted octanol–water partition coefficient (Wildman–Crippen LogP) is -2.84. The summed E-state index contributed by atoms with van der Waals surface area (Å²) in [4.78, 5) is 21.6. The lowest BCUT2D eigenvalue weighted by Crippen LogP contribution is -2.47. The van der Waals surface area contributed by atoms with Gasteiger partial charge in [-0.2, -0.15) is 0 Å². The van der Waals surface area contributed by atoms with Gasteiger partial charge in [0.15, 0.2) is 5.96 Å². The van der Waals surface area contributed by atoms with Crippen LogP contribution < -0.4 is 22.1 Å². The van der Waals surface area contributed by atoms with Gasteiger partial charge in [0.2, 0.25) is 12.2 Å². The van der Waals surface area contributed by atoms with Gasteiger partial charge in [-0.3, -0.25) is 15.0 Å². The Balaban J connectivity index is 3.81. The van der Waals surface area contributed by atoms with Crippen molar-refractivity contribution >= 4 is 18.2 Å². The fraction of sp³-hybridized carbons (Fsp3) is 0.667. The minimum absolute atomic E-state index is 0.140. The molecule has 0 saturated carbocycles. The second-order valence-electron chi connectivity index (χ2n) is 3.45. The first kappa shape index (κ1) is 15.3. The summed E-state index contributed by atoms with van der Waals surface area (Å²) in [7, 11) is 0. The van der Waals surface area contributed by atoms with Crippen molar-refractivity contribution in [2.24, 2.45) is 11.5 Å². The maximum Gasteiger partial charge on any atom is 0.237 e. The molecule has 8 heteroatoms. The van der Waals surface area contributed by atoms with Crippen molar-refractivity contribution in [3.63, 3.8) is 0 Å². The second-order valence-corrected chi connectivity index (χ2v) is 3.45. The van der Waals surface area contributed by atoms with Crippen molar-refractivity contribution in [1.82, 2.24) is 10.6 Å². The van der Waals surface area contributed by atoms with E-state index in [2.05, 4.69) is 10.6 Å². The van der Waals surface area contributed by atoms with Crippen LogP contribution in [0.2, 0.25) is 0 Å². The molecule has 0 aromatic carbocycles. The highest BCUT2D eigenvalue weighted by molar-refractivity contribution is 5.84. The Hall–Kier alpha value is -1.67. The van der Waals surface area contributed by atoms with Crippen LogP contribution in [0.25, 0.3) is 0 Å². The maximum absolute atomic E-state index is 11.4. The molecule has 8 nitrogen and oxygen atoms in total. The zero-order valence-corrected chi connectivity index (χ0v) is 9.40. The number of hydrogen-bond donors (Lipinski definition) is 6. The van der Waals surface area contributed by atoms with Gasteiger partial charge in [-0.15, -0.1) is 0 Å². The smallest absolute Gasteiger partial charge is 0.237 e. The molecule has 0 aliphatic carbocycles. The lowest BCUT2D eigenvalue weighted by Gasteiger charge is -2.14. The standard InChI is InChI=1S/C9H18N5O3/c10-7(2-1-3-13-9(11)12)8(17)14-6(4-15)5-16/h6-7,15H,1-4,10H2,(H,14,17)(H4,11,12,13)/t6-,7-/m0/s1. The van der Waals surface area contributed by atoms with E-state index in [0.29, 0.717) is 19.4 Å². The number of carbonyl (C=O) groups excluding carboxylic acids is 2. The number of amides is 1. The summed E-state index contributed by atoms with van der Waals surface area (Å²) in [6, 6.07) is -1.81. The molecule has 97 valence electrons. The average Bonchev–Trinajstić information content (AvgIpc) is 2.30. The molecule has 0 unspecified atom stereocenters. The molecule has 0 heterocycles. The van der Waals surface area contributed by atoms with Crippen molar-refractivity contribution in [2.45, 2.75) is 24.9 Å². The van der Waals surface area contributed by atoms with Gasteiger partial charge in [0.1, 0.15) is 6.04 Å².